The molecule has 0 spiro atoms. The highest BCUT2D eigenvalue weighted by Gasteiger charge is 2.30. The van der Waals surface area contributed by atoms with E-state index in [1.807, 2.05) is 24.3 Å². The second-order valence-corrected chi connectivity index (χ2v) is 6.20. The van der Waals surface area contributed by atoms with Gasteiger partial charge in [-0.1, -0.05) is 58.4 Å². The molecule has 1 aliphatic rings. The zero-order valence-corrected chi connectivity index (χ0v) is 13.0. The summed E-state index contributed by atoms with van der Waals surface area (Å²) in [7, 11) is 0. The zero-order valence-electron chi connectivity index (χ0n) is 11.4. The summed E-state index contributed by atoms with van der Waals surface area (Å²) in [5, 5.41) is 0. The summed E-state index contributed by atoms with van der Waals surface area (Å²) in [6, 6.07) is 18.6. The van der Waals surface area contributed by atoms with Crippen molar-refractivity contribution in [1.29, 1.82) is 0 Å². The molecule has 2 atom stereocenters. The number of ether oxygens (including phenoxy) is 1. The van der Waals surface area contributed by atoms with Gasteiger partial charge in [-0.2, -0.15) is 0 Å². The van der Waals surface area contributed by atoms with Gasteiger partial charge in [0, 0.05) is 6.54 Å². The minimum absolute atomic E-state index is 0.00994. The van der Waals surface area contributed by atoms with Gasteiger partial charge >= 0.3 is 0 Å². The topological polar surface area (TPSA) is 27.1 Å². The van der Waals surface area contributed by atoms with E-state index in [-0.39, 0.29) is 10.9 Å². The number of nitrogens with zero attached hydrogens (tertiary/aromatic N) is 2. The van der Waals surface area contributed by atoms with E-state index < -0.39 is 0 Å². The summed E-state index contributed by atoms with van der Waals surface area (Å²) in [6.45, 7) is 1.52. The van der Waals surface area contributed by atoms with Crippen molar-refractivity contribution in [1.82, 2.24) is 9.55 Å². The fourth-order valence-electron chi connectivity index (χ4n) is 2.94. The molecule has 2 heterocycles. The molecule has 106 valence electrons. The Kier molecular flexibility index (Phi) is 3.28. The molecule has 0 N–H and O–H groups in total. The van der Waals surface area contributed by atoms with Crippen LogP contribution in [0.4, 0.5) is 0 Å². The smallest absolute Gasteiger partial charge is 0.126 e. The summed E-state index contributed by atoms with van der Waals surface area (Å²) in [6.07, 6.45) is -0.00994. The minimum Gasteiger partial charge on any atom is -0.370 e. The first-order valence-corrected chi connectivity index (χ1v) is 8.02. The van der Waals surface area contributed by atoms with Crippen molar-refractivity contribution in [2.75, 3.05) is 6.61 Å². The second kappa shape index (κ2) is 5.28. The van der Waals surface area contributed by atoms with Crippen LogP contribution in [-0.4, -0.2) is 16.2 Å². The molecule has 2 aromatic carbocycles. The third-order valence-electron chi connectivity index (χ3n) is 3.94. The van der Waals surface area contributed by atoms with Crippen LogP contribution in [0.1, 0.15) is 22.3 Å². The molecule has 0 fully saturated rings. The Morgan fingerprint density at radius 3 is 2.67 bits per heavy atom. The Hall–Kier alpha value is -1.65. The largest absolute Gasteiger partial charge is 0.370 e. The van der Waals surface area contributed by atoms with Crippen LogP contribution < -0.4 is 0 Å². The Morgan fingerprint density at radius 2 is 1.81 bits per heavy atom. The van der Waals surface area contributed by atoms with Gasteiger partial charge in [0.25, 0.3) is 0 Å². The van der Waals surface area contributed by atoms with Crippen LogP contribution in [0.2, 0.25) is 0 Å². The van der Waals surface area contributed by atoms with Crippen LogP contribution in [0.15, 0.2) is 54.6 Å². The number of alkyl halides is 1. The lowest BCUT2D eigenvalue weighted by Gasteiger charge is -2.19. The summed E-state index contributed by atoms with van der Waals surface area (Å²) >= 11 is 3.81. The molecule has 1 aliphatic heterocycles. The van der Waals surface area contributed by atoms with Gasteiger partial charge in [0.2, 0.25) is 0 Å². The second-order valence-electron chi connectivity index (χ2n) is 5.21. The number of aromatic nitrogens is 2. The Balaban J connectivity index is 1.83. The summed E-state index contributed by atoms with van der Waals surface area (Å²) in [4.78, 5) is 4.86. The van der Waals surface area contributed by atoms with E-state index in [2.05, 4.69) is 50.8 Å². The maximum atomic E-state index is 6.08. The number of para-hydroxylation sites is 2. The minimum atomic E-state index is -0.00994. The number of hydrogen-bond donors (Lipinski definition) is 0. The highest BCUT2D eigenvalue weighted by Crippen LogP contribution is 2.41. The molecule has 0 saturated heterocycles. The summed E-state index contributed by atoms with van der Waals surface area (Å²) < 4.78 is 8.34. The molecule has 21 heavy (non-hydrogen) atoms. The number of fused-ring (bicyclic) bond motifs is 3. The number of rotatable bonds is 1. The average molecular weight is 343 g/mol. The van der Waals surface area contributed by atoms with Crippen molar-refractivity contribution in [2.24, 2.45) is 0 Å². The van der Waals surface area contributed by atoms with Crippen molar-refractivity contribution >= 4 is 27.0 Å². The van der Waals surface area contributed by atoms with E-state index in [0.29, 0.717) is 6.61 Å². The van der Waals surface area contributed by atoms with Crippen molar-refractivity contribution in [3.05, 3.63) is 66.0 Å². The standard InChI is InChI=1S/C17H15BrN2O/c18-15-16(12-6-2-1-3-7-12)21-11-10-20-14-9-5-4-8-13(14)19-17(15)20/h1-9,15-16H,10-11H2. The number of imidazole rings is 1. The Labute approximate surface area is 131 Å². The highest BCUT2D eigenvalue weighted by molar-refractivity contribution is 9.09. The third kappa shape index (κ3) is 2.19. The lowest BCUT2D eigenvalue weighted by Crippen LogP contribution is -2.09. The van der Waals surface area contributed by atoms with E-state index in [1.54, 1.807) is 0 Å². The fraction of sp³-hybridized carbons (Fsp3) is 0.235. The molecule has 0 radical (unpaired) electrons. The van der Waals surface area contributed by atoms with Gasteiger partial charge in [-0.3, -0.25) is 0 Å². The molecule has 0 amide bonds. The molecular formula is C17H15BrN2O. The van der Waals surface area contributed by atoms with Crippen molar-refractivity contribution < 1.29 is 4.74 Å². The number of halogens is 1. The highest BCUT2D eigenvalue weighted by atomic mass is 79.9. The molecule has 1 aromatic heterocycles. The van der Waals surface area contributed by atoms with Crippen molar-refractivity contribution in [3.63, 3.8) is 0 Å². The van der Waals surface area contributed by atoms with Crippen LogP contribution in [0, 0.1) is 0 Å². The van der Waals surface area contributed by atoms with E-state index in [9.17, 15) is 0 Å². The predicted molar refractivity (Wildman–Crippen MR) is 86.5 cm³/mol. The van der Waals surface area contributed by atoms with Gasteiger partial charge in [-0.25, -0.2) is 4.98 Å². The molecule has 0 bridgehead atoms. The SMILES string of the molecule is BrC1c2nc3ccccc3n2CCOC1c1ccccc1. The molecule has 3 nitrogen and oxygen atoms in total. The monoisotopic (exact) mass is 342 g/mol. The number of hydrogen-bond acceptors (Lipinski definition) is 2. The van der Waals surface area contributed by atoms with E-state index >= 15 is 0 Å². The maximum absolute atomic E-state index is 6.08. The summed E-state index contributed by atoms with van der Waals surface area (Å²) in [5.74, 6) is 1.04. The van der Waals surface area contributed by atoms with E-state index in [4.69, 9.17) is 9.72 Å². The zero-order chi connectivity index (χ0) is 14.2. The predicted octanol–water partition coefficient (Wildman–Crippen LogP) is 4.24. The van der Waals surface area contributed by atoms with Crippen molar-refractivity contribution in [2.45, 2.75) is 17.5 Å². The van der Waals surface area contributed by atoms with E-state index in [0.717, 1.165) is 17.9 Å². The first-order chi connectivity index (χ1) is 10.3. The van der Waals surface area contributed by atoms with Gasteiger partial charge in [0.05, 0.1) is 17.6 Å². The van der Waals surface area contributed by atoms with Gasteiger partial charge in [0.1, 0.15) is 16.8 Å². The van der Waals surface area contributed by atoms with Gasteiger partial charge in [0.15, 0.2) is 0 Å². The lowest BCUT2D eigenvalue weighted by atomic mass is 10.1. The van der Waals surface area contributed by atoms with Gasteiger partial charge in [-0.15, -0.1) is 0 Å². The first kappa shape index (κ1) is 13.0. The molecular weight excluding hydrogens is 328 g/mol. The fourth-order valence-corrected chi connectivity index (χ4v) is 3.75. The normalized spacial score (nSPS) is 22.0. The Bertz CT molecular complexity index is 769. The average Bonchev–Trinajstić information content (AvgIpc) is 2.83. The maximum Gasteiger partial charge on any atom is 0.126 e. The Morgan fingerprint density at radius 1 is 1.05 bits per heavy atom. The molecule has 2 unspecified atom stereocenters. The molecule has 0 saturated carbocycles. The number of benzene rings is 2. The summed E-state index contributed by atoms with van der Waals surface area (Å²) in [5.41, 5.74) is 3.40. The van der Waals surface area contributed by atoms with Gasteiger partial charge in [-0.05, 0) is 17.7 Å². The van der Waals surface area contributed by atoms with Gasteiger partial charge < -0.3 is 9.30 Å². The first-order valence-electron chi connectivity index (χ1n) is 7.10. The van der Waals surface area contributed by atoms with Crippen LogP contribution in [0.5, 0.6) is 0 Å². The van der Waals surface area contributed by atoms with Crippen LogP contribution >= 0.6 is 15.9 Å². The van der Waals surface area contributed by atoms with Crippen LogP contribution in [0.3, 0.4) is 0 Å². The lowest BCUT2D eigenvalue weighted by molar-refractivity contribution is 0.0566. The molecule has 4 rings (SSSR count). The molecule has 0 aliphatic carbocycles. The van der Waals surface area contributed by atoms with Crippen molar-refractivity contribution in [3.8, 4) is 0 Å². The van der Waals surface area contributed by atoms with E-state index in [1.165, 1.54) is 11.1 Å². The van der Waals surface area contributed by atoms with Crippen LogP contribution in [0.25, 0.3) is 11.0 Å². The van der Waals surface area contributed by atoms with Crippen LogP contribution in [-0.2, 0) is 11.3 Å². The third-order valence-corrected chi connectivity index (χ3v) is 4.83. The molecule has 4 heteroatoms. The molecule has 3 aromatic rings. The quantitative estimate of drug-likeness (QED) is 0.618.